The topological polar surface area (TPSA) is 66.8 Å². The van der Waals surface area contributed by atoms with Gasteiger partial charge in [-0.25, -0.2) is 4.79 Å². The van der Waals surface area contributed by atoms with Gasteiger partial charge in [0, 0.05) is 0 Å². The van der Waals surface area contributed by atoms with Gasteiger partial charge in [0.05, 0.1) is 11.7 Å². The molecule has 0 saturated heterocycles. The Hall–Kier alpha value is -1.55. The zero-order valence-electron chi connectivity index (χ0n) is 8.73. The number of benzene rings is 1. The molecule has 0 bridgehead atoms. The quantitative estimate of drug-likeness (QED) is 0.789. The molecule has 0 heterocycles. The number of hydrogen-bond donors (Lipinski definition) is 2. The highest BCUT2D eigenvalue weighted by Crippen LogP contribution is 2.19. The zero-order valence-corrected chi connectivity index (χ0v) is 8.73. The molecule has 0 saturated carbocycles. The molecule has 82 valence electrons. The molecule has 0 radical (unpaired) electrons. The van der Waals surface area contributed by atoms with E-state index >= 15 is 0 Å². The van der Waals surface area contributed by atoms with Crippen LogP contribution in [0.4, 0.5) is 0 Å². The van der Waals surface area contributed by atoms with Crippen molar-refractivity contribution < 1.29 is 19.7 Å². The molecule has 0 aromatic heterocycles. The Morgan fingerprint density at radius 1 is 1.53 bits per heavy atom. The molecule has 0 aliphatic carbocycles. The molecule has 0 fully saturated rings. The van der Waals surface area contributed by atoms with Gasteiger partial charge in [-0.05, 0) is 31.5 Å². The van der Waals surface area contributed by atoms with E-state index in [2.05, 4.69) is 0 Å². The number of aliphatic hydroxyl groups is 1. The first-order valence-electron chi connectivity index (χ1n) is 4.65. The summed E-state index contributed by atoms with van der Waals surface area (Å²) in [5.41, 5.74) is 1.03. The van der Waals surface area contributed by atoms with Crippen LogP contribution in [0.3, 0.4) is 0 Å². The van der Waals surface area contributed by atoms with E-state index in [-0.39, 0.29) is 12.2 Å². The van der Waals surface area contributed by atoms with E-state index in [1.165, 1.54) is 12.1 Å². The minimum Gasteiger partial charge on any atom is -0.491 e. The van der Waals surface area contributed by atoms with Crippen molar-refractivity contribution in [1.82, 2.24) is 0 Å². The van der Waals surface area contributed by atoms with E-state index < -0.39 is 12.1 Å². The van der Waals surface area contributed by atoms with E-state index in [1.807, 2.05) is 6.92 Å². The lowest BCUT2D eigenvalue weighted by molar-refractivity contribution is 0.0696. The van der Waals surface area contributed by atoms with Crippen LogP contribution in [0.25, 0.3) is 0 Å². The number of carbonyl (C=O) groups is 1. The molecule has 2 N–H and O–H groups in total. The van der Waals surface area contributed by atoms with E-state index in [1.54, 1.807) is 13.0 Å². The molecule has 1 aromatic carbocycles. The van der Waals surface area contributed by atoms with Crippen molar-refractivity contribution in [2.75, 3.05) is 6.61 Å². The number of aryl methyl sites for hydroxylation is 1. The second-order valence-electron chi connectivity index (χ2n) is 3.45. The molecule has 15 heavy (non-hydrogen) atoms. The highest BCUT2D eigenvalue weighted by atomic mass is 16.5. The van der Waals surface area contributed by atoms with Crippen LogP contribution in [0.5, 0.6) is 5.75 Å². The lowest BCUT2D eigenvalue weighted by atomic mass is 10.1. The Morgan fingerprint density at radius 3 is 2.73 bits per heavy atom. The monoisotopic (exact) mass is 210 g/mol. The number of aromatic carboxylic acids is 1. The maximum Gasteiger partial charge on any atom is 0.335 e. The molecule has 0 spiro atoms. The fourth-order valence-electron chi connectivity index (χ4n) is 1.10. The third-order valence-corrected chi connectivity index (χ3v) is 1.92. The van der Waals surface area contributed by atoms with Crippen LogP contribution in [0.15, 0.2) is 18.2 Å². The summed E-state index contributed by atoms with van der Waals surface area (Å²) in [5, 5.41) is 17.8. The summed E-state index contributed by atoms with van der Waals surface area (Å²) in [5.74, 6) is -0.493. The molecular formula is C11H14O4. The van der Waals surface area contributed by atoms with Gasteiger partial charge in [-0.15, -0.1) is 0 Å². The fraction of sp³-hybridized carbons (Fsp3) is 0.364. The first kappa shape index (κ1) is 11.5. The number of carboxylic acids is 1. The number of rotatable bonds is 4. The van der Waals surface area contributed by atoms with Crippen LogP contribution in [-0.2, 0) is 0 Å². The predicted octanol–water partition coefficient (Wildman–Crippen LogP) is 1.45. The average molecular weight is 210 g/mol. The van der Waals surface area contributed by atoms with Gasteiger partial charge in [-0.1, -0.05) is 6.07 Å². The normalized spacial score (nSPS) is 12.2. The molecule has 4 heteroatoms. The minimum absolute atomic E-state index is 0.157. The first-order chi connectivity index (χ1) is 7.00. The van der Waals surface area contributed by atoms with Crippen LogP contribution < -0.4 is 4.74 Å². The van der Waals surface area contributed by atoms with Gasteiger partial charge < -0.3 is 14.9 Å². The van der Waals surface area contributed by atoms with Crippen molar-refractivity contribution in [3.63, 3.8) is 0 Å². The number of ether oxygens (including phenoxy) is 1. The van der Waals surface area contributed by atoms with Crippen LogP contribution >= 0.6 is 0 Å². The van der Waals surface area contributed by atoms with Gasteiger partial charge in [0.1, 0.15) is 12.4 Å². The fourth-order valence-corrected chi connectivity index (χ4v) is 1.10. The van der Waals surface area contributed by atoms with E-state index in [9.17, 15) is 4.79 Å². The Kier molecular flexibility index (Phi) is 3.68. The van der Waals surface area contributed by atoms with Crippen LogP contribution in [0.2, 0.25) is 0 Å². The Morgan fingerprint density at radius 2 is 2.20 bits per heavy atom. The molecule has 0 amide bonds. The molecule has 1 unspecified atom stereocenters. The lowest BCUT2D eigenvalue weighted by Crippen LogP contribution is -2.13. The predicted molar refractivity (Wildman–Crippen MR) is 55.3 cm³/mol. The zero-order chi connectivity index (χ0) is 11.4. The van der Waals surface area contributed by atoms with E-state index in [0.717, 1.165) is 5.56 Å². The molecular weight excluding hydrogens is 196 g/mol. The molecule has 1 aromatic rings. The smallest absolute Gasteiger partial charge is 0.335 e. The van der Waals surface area contributed by atoms with Crippen molar-refractivity contribution in [3.8, 4) is 5.75 Å². The number of hydrogen-bond acceptors (Lipinski definition) is 3. The summed E-state index contributed by atoms with van der Waals surface area (Å²) >= 11 is 0. The second kappa shape index (κ2) is 4.79. The van der Waals surface area contributed by atoms with Gasteiger partial charge in [0.15, 0.2) is 0 Å². The summed E-state index contributed by atoms with van der Waals surface area (Å²) in [6.07, 6.45) is -0.571. The largest absolute Gasteiger partial charge is 0.491 e. The second-order valence-corrected chi connectivity index (χ2v) is 3.45. The molecule has 1 rings (SSSR count). The maximum atomic E-state index is 10.7. The van der Waals surface area contributed by atoms with Crippen molar-refractivity contribution in [2.45, 2.75) is 20.0 Å². The van der Waals surface area contributed by atoms with Crippen molar-refractivity contribution in [2.24, 2.45) is 0 Å². The van der Waals surface area contributed by atoms with E-state index in [4.69, 9.17) is 14.9 Å². The van der Waals surface area contributed by atoms with Crippen molar-refractivity contribution in [1.29, 1.82) is 0 Å². The van der Waals surface area contributed by atoms with E-state index in [0.29, 0.717) is 5.75 Å². The Bertz CT molecular complexity index is 358. The molecule has 0 aliphatic rings. The summed E-state index contributed by atoms with van der Waals surface area (Å²) < 4.78 is 5.28. The Labute approximate surface area is 88.1 Å². The van der Waals surface area contributed by atoms with Crippen LogP contribution in [-0.4, -0.2) is 28.9 Å². The summed E-state index contributed by atoms with van der Waals surface area (Å²) in [6.45, 7) is 3.59. The minimum atomic E-state index is -0.989. The third kappa shape index (κ3) is 3.25. The first-order valence-corrected chi connectivity index (χ1v) is 4.65. The molecule has 1 atom stereocenters. The van der Waals surface area contributed by atoms with Crippen molar-refractivity contribution >= 4 is 5.97 Å². The summed E-state index contributed by atoms with van der Waals surface area (Å²) in [7, 11) is 0. The van der Waals surface area contributed by atoms with Gasteiger partial charge in [-0.2, -0.15) is 0 Å². The third-order valence-electron chi connectivity index (χ3n) is 1.92. The highest BCUT2D eigenvalue weighted by molar-refractivity contribution is 5.88. The average Bonchev–Trinajstić information content (AvgIpc) is 2.16. The SMILES string of the molecule is Cc1ccc(C(=O)O)cc1OCC(C)O. The molecule has 4 nitrogen and oxygen atoms in total. The summed E-state index contributed by atoms with van der Waals surface area (Å²) in [4.78, 5) is 10.7. The van der Waals surface area contributed by atoms with Crippen LogP contribution in [0.1, 0.15) is 22.8 Å². The van der Waals surface area contributed by atoms with Crippen molar-refractivity contribution in [3.05, 3.63) is 29.3 Å². The van der Waals surface area contributed by atoms with Gasteiger partial charge in [0.25, 0.3) is 0 Å². The van der Waals surface area contributed by atoms with Crippen LogP contribution in [0, 0.1) is 6.92 Å². The standard InChI is InChI=1S/C11H14O4/c1-7-3-4-9(11(13)14)5-10(7)15-6-8(2)12/h3-5,8,12H,6H2,1-2H3,(H,13,14). The maximum absolute atomic E-state index is 10.7. The van der Waals surface area contributed by atoms with Gasteiger partial charge >= 0.3 is 5.97 Å². The number of carboxylic acid groups (broad SMARTS) is 1. The number of aliphatic hydroxyl groups excluding tert-OH is 1. The van der Waals surface area contributed by atoms with Gasteiger partial charge in [-0.3, -0.25) is 0 Å². The lowest BCUT2D eigenvalue weighted by Gasteiger charge is -2.11. The highest BCUT2D eigenvalue weighted by Gasteiger charge is 2.07. The van der Waals surface area contributed by atoms with Gasteiger partial charge in [0.2, 0.25) is 0 Å². The molecule has 0 aliphatic heterocycles. The summed E-state index contributed by atoms with van der Waals surface area (Å²) in [6, 6.07) is 4.66. The Balaban J connectivity index is 2.85.